The minimum absolute atomic E-state index is 0.169. The first-order valence-corrected chi connectivity index (χ1v) is 6.93. The van der Waals surface area contributed by atoms with Crippen molar-refractivity contribution in [2.24, 2.45) is 12.9 Å². The number of nitrogens with zero attached hydrogens (tertiary/aromatic N) is 2. The molecule has 2 unspecified atom stereocenters. The van der Waals surface area contributed by atoms with Crippen molar-refractivity contribution in [1.82, 2.24) is 15.2 Å². The predicted octanol–water partition coefficient (Wildman–Crippen LogP) is 1.89. The van der Waals surface area contributed by atoms with Crippen molar-refractivity contribution in [1.29, 1.82) is 0 Å². The van der Waals surface area contributed by atoms with Crippen LogP contribution in [0.2, 0.25) is 5.02 Å². The third kappa shape index (κ3) is 2.23. The molecule has 1 aliphatic heterocycles. The third-order valence-corrected chi connectivity index (χ3v) is 4.04. The normalized spacial score (nSPS) is 19.6. The SMILES string of the molecule is Cn1ncc(Cl)c1C(NN)C1OCCc2ccccc21. The van der Waals surface area contributed by atoms with Gasteiger partial charge in [0.15, 0.2) is 0 Å². The van der Waals surface area contributed by atoms with Gasteiger partial charge in [-0.15, -0.1) is 0 Å². The molecule has 0 fully saturated rings. The highest BCUT2D eigenvalue weighted by Gasteiger charge is 2.32. The van der Waals surface area contributed by atoms with Crippen molar-refractivity contribution < 1.29 is 4.74 Å². The molecule has 2 heterocycles. The Kier molecular flexibility index (Phi) is 3.76. The highest BCUT2D eigenvalue weighted by Crippen LogP contribution is 2.38. The lowest BCUT2D eigenvalue weighted by Gasteiger charge is -2.32. The molecule has 0 saturated heterocycles. The van der Waals surface area contributed by atoms with Crippen LogP contribution in [0.25, 0.3) is 0 Å². The molecule has 2 aromatic rings. The quantitative estimate of drug-likeness (QED) is 0.670. The molecular weight excluding hydrogens is 276 g/mol. The van der Waals surface area contributed by atoms with Gasteiger partial charge in [0, 0.05) is 7.05 Å². The molecule has 106 valence electrons. The number of halogens is 1. The summed E-state index contributed by atoms with van der Waals surface area (Å²) in [7, 11) is 1.85. The van der Waals surface area contributed by atoms with Gasteiger partial charge in [0.1, 0.15) is 6.10 Å². The summed E-state index contributed by atoms with van der Waals surface area (Å²) in [4.78, 5) is 0. The van der Waals surface area contributed by atoms with Crippen LogP contribution in [0.5, 0.6) is 0 Å². The molecule has 0 amide bonds. The molecule has 5 nitrogen and oxygen atoms in total. The summed E-state index contributed by atoms with van der Waals surface area (Å²) in [5.74, 6) is 5.76. The highest BCUT2D eigenvalue weighted by molar-refractivity contribution is 6.31. The Balaban J connectivity index is 2.03. The van der Waals surface area contributed by atoms with Crippen molar-refractivity contribution in [3.05, 3.63) is 52.3 Å². The summed E-state index contributed by atoms with van der Waals surface area (Å²) >= 11 is 6.23. The smallest absolute Gasteiger partial charge is 0.105 e. The van der Waals surface area contributed by atoms with Crippen molar-refractivity contribution >= 4 is 11.6 Å². The van der Waals surface area contributed by atoms with E-state index in [1.165, 1.54) is 5.56 Å². The Labute approximate surface area is 122 Å². The zero-order valence-corrected chi connectivity index (χ0v) is 12.0. The van der Waals surface area contributed by atoms with Crippen LogP contribution in [0.4, 0.5) is 0 Å². The van der Waals surface area contributed by atoms with Crippen LogP contribution in [0.3, 0.4) is 0 Å². The van der Waals surface area contributed by atoms with Gasteiger partial charge >= 0.3 is 0 Å². The van der Waals surface area contributed by atoms with E-state index in [2.05, 4.69) is 22.7 Å². The van der Waals surface area contributed by atoms with E-state index >= 15 is 0 Å². The van der Waals surface area contributed by atoms with Gasteiger partial charge in [-0.25, -0.2) is 5.43 Å². The van der Waals surface area contributed by atoms with Crippen LogP contribution >= 0.6 is 11.6 Å². The van der Waals surface area contributed by atoms with Gasteiger partial charge in [-0.05, 0) is 17.5 Å². The van der Waals surface area contributed by atoms with Gasteiger partial charge in [0.25, 0.3) is 0 Å². The van der Waals surface area contributed by atoms with E-state index in [1.54, 1.807) is 10.9 Å². The molecule has 1 aromatic carbocycles. The summed E-state index contributed by atoms with van der Waals surface area (Å²) in [6.07, 6.45) is 2.37. The number of hydrogen-bond donors (Lipinski definition) is 2. The molecule has 0 bridgehead atoms. The topological polar surface area (TPSA) is 65.1 Å². The number of nitrogens with one attached hydrogen (secondary N) is 1. The lowest BCUT2D eigenvalue weighted by Crippen LogP contribution is -2.37. The summed E-state index contributed by atoms with van der Waals surface area (Å²) in [5, 5.41) is 4.75. The molecule has 20 heavy (non-hydrogen) atoms. The van der Waals surface area contributed by atoms with Crippen LogP contribution in [0.15, 0.2) is 30.5 Å². The summed E-state index contributed by atoms with van der Waals surface area (Å²) in [6.45, 7) is 0.676. The van der Waals surface area contributed by atoms with Crippen LogP contribution in [-0.4, -0.2) is 16.4 Å². The highest BCUT2D eigenvalue weighted by atomic mass is 35.5. The van der Waals surface area contributed by atoms with Gasteiger partial charge in [-0.1, -0.05) is 35.9 Å². The molecule has 3 N–H and O–H groups in total. The van der Waals surface area contributed by atoms with Gasteiger partial charge in [-0.2, -0.15) is 5.10 Å². The van der Waals surface area contributed by atoms with Crippen molar-refractivity contribution in [3.63, 3.8) is 0 Å². The average Bonchev–Trinajstić information content (AvgIpc) is 2.81. The number of aryl methyl sites for hydroxylation is 1. The Morgan fingerprint density at radius 3 is 3.00 bits per heavy atom. The van der Waals surface area contributed by atoms with E-state index in [-0.39, 0.29) is 12.1 Å². The second-order valence-corrected chi connectivity index (χ2v) is 5.29. The molecule has 1 aromatic heterocycles. The van der Waals surface area contributed by atoms with E-state index in [4.69, 9.17) is 22.2 Å². The number of benzene rings is 1. The first-order valence-electron chi connectivity index (χ1n) is 6.55. The van der Waals surface area contributed by atoms with Crippen LogP contribution in [0, 0.1) is 0 Å². The van der Waals surface area contributed by atoms with Crippen molar-refractivity contribution in [3.8, 4) is 0 Å². The zero-order chi connectivity index (χ0) is 14.1. The summed E-state index contributed by atoms with van der Waals surface area (Å²) in [6, 6.07) is 8.02. The Morgan fingerprint density at radius 2 is 2.30 bits per heavy atom. The first kappa shape index (κ1) is 13.6. The Morgan fingerprint density at radius 1 is 1.50 bits per heavy atom. The van der Waals surface area contributed by atoms with Gasteiger partial charge in [-0.3, -0.25) is 10.5 Å². The van der Waals surface area contributed by atoms with Crippen molar-refractivity contribution in [2.45, 2.75) is 18.6 Å². The van der Waals surface area contributed by atoms with E-state index in [1.807, 2.05) is 19.2 Å². The zero-order valence-electron chi connectivity index (χ0n) is 11.2. The number of rotatable bonds is 3. The van der Waals surface area contributed by atoms with Gasteiger partial charge in [0.05, 0.1) is 29.6 Å². The molecule has 0 saturated carbocycles. The van der Waals surface area contributed by atoms with Crippen LogP contribution in [0.1, 0.15) is 29.0 Å². The summed E-state index contributed by atoms with van der Waals surface area (Å²) in [5.41, 5.74) is 6.10. The van der Waals surface area contributed by atoms with E-state index in [0.717, 1.165) is 17.7 Å². The fourth-order valence-electron chi connectivity index (χ4n) is 2.78. The predicted molar refractivity (Wildman–Crippen MR) is 77.1 cm³/mol. The second kappa shape index (κ2) is 5.54. The fraction of sp³-hybridized carbons (Fsp3) is 0.357. The van der Waals surface area contributed by atoms with Crippen LogP contribution in [-0.2, 0) is 18.2 Å². The third-order valence-electron chi connectivity index (χ3n) is 3.74. The number of hydrogen-bond acceptors (Lipinski definition) is 4. The Hall–Kier alpha value is -1.40. The van der Waals surface area contributed by atoms with Gasteiger partial charge in [0.2, 0.25) is 0 Å². The minimum atomic E-state index is -0.239. The molecule has 0 aliphatic carbocycles. The van der Waals surface area contributed by atoms with Crippen molar-refractivity contribution in [2.75, 3.05) is 6.61 Å². The lowest BCUT2D eigenvalue weighted by atomic mass is 9.92. The number of ether oxygens (including phenoxy) is 1. The standard InChI is InChI=1S/C14H17ClN4O/c1-19-13(11(15)8-17-19)12(18-16)14-10-5-3-2-4-9(10)6-7-20-14/h2-5,8,12,14,18H,6-7,16H2,1H3. The lowest BCUT2D eigenvalue weighted by molar-refractivity contribution is 0.0128. The fourth-order valence-corrected chi connectivity index (χ4v) is 3.06. The average molecular weight is 293 g/mol. The van der Waals surface area contributed by atoms with E-state index < -0.39 is 0 Å². The van der Waals surface area contributed by atoms with Gasteiger partial charge < -0.3 is 4.74 Å². The molecular formula is C14H17ClN4O. The number of fused-ring (bicyclic) bond motifs is 1. The number of nitrogens with two attached hydrogens (primary N) is 1. The second-order valence-electron chi connectivity index (χ2n) is 4.89. The largest absolute Gasteiger partial charge is 0.371 e. The molecule has 1 aliphatic rings. The van der Waals surface area contributed by atoms with Crippen LogP contribution < -0.4 is 11.3 Å². The molecule has 3 rings (SSSR count). The first-order chi connectivity index (χ1) is 9.72. The maximum absolute atomic E-state index is 6.23. The molecule has 2 atom stereocenters. The monoisotopic (exact) mass is 292 g/mol. The minimum Gasteiger partial charge on any atom is -0.371 e. The van der Waals surface area contributed by atoms with E-state index in [0.29, 0.717) is 11.6 Å². The maximum Gasteiger partial charge on any atom is 0.105 e. The summed E-state index contributed by atoms with van der Waals surface area (Å²) < 4.78 is 7.68. The number of aromatic nitrogens is 2. The Bertz CT molecular complexity index is 593. The van der Waals surface area contributed by atoms with E-state index in [9.17, 15) is 0 Å². The molecule has 6 heteroatoms. The molecule has 0 spiro atoms. The number of hydrazine groups is 1. The molecule has 0 radical (unpaired) electrons. The maximum atomic E-state index is 6.23.